The third-order valence-corrected chi connectivity index (χ3v) is 5.13. The lowest BCUT2D eigenvalue weighted by Crippen LogP contribution is -2.21. The molecule has 0 saturated heterocycles. The Hall–Kier alpha value is -3.07. The van der Waals surface area contributed by atoms with E-state index < -0.39 is 17.8 Å². The van der Waals surface area contributed by atoms with Gasteiger partial charge in [0.05, 0.1) is 32.0 Å². The molecule has 9 heteroatoms. The van der Waals surface area contributed by atoms with Gasteiger partial charge in [0.25, 0.3) is 11.8 Å². The van der Waals surface area contributed by atoms with Crippen molar-refractivity contribution in [2.45, 2.75) is 13.8 Å². The third-order valence-electron chi connectivity index (χ3n) is 3.94. The van der Waals surface area contributed by atoms with Crippen LogP contribution in [0.15, 0.2) is 18.2 Å². The Balaban J connectivity index is 2.45. The fraction of sp³-hybridized carbons (Fsp3) is 0.316. The van der Waals surface area contributed by atoms with E-state index >= 15 is 0 Å². The lowest BCUT2D eigenvalue weighted by Gasteiger charge is -2.11. The largest absolute Gasteiger partial charge is 0.497 e. The summed E-state index contributed by atoms with van der Waals surface area (Å²) in [7, 11) is 4.42. The molecule has 0 saturated carbocycles. The lowest BCUT2D eigenvalue weighted by atomic mass is 10.1. The van der Waals surface area contributed by atoms with Crippen molar-refractivity contribution in [3.63, 3.8) is 0 Å². The van der Waals surface area contributed by atoms with E-state index in [1.54, 1.807) is 32.0 Å². The zero-order valence-corrected chi connectivity index (χ0v) is 17.1. The van der Waals surface area contributed by atoms with Crippen LogP contribution < -0.4 is 20.1 Å². The molecule has 0 bridgehead atoms. The number of nitrogens with one attached hydrogen (secondary N) is 2. The molecule has 28 heavy (non-hydrogen) atoms. The van der Waals surface area contributed by atoms with Crippen molar-refractivity contribution in [3.8, 4) is 11.5 Å². The molecule has 0 radical (unpaired) electrons. The number of anilines is 1. The van der Waals surface area contributed by atoms with Gasteiger partial charge in [0, 0.05) is 13.1 Å². The van der Waals surface area contributed by atoms with Gasteiger partial charge in [-0.3, -0.25) is 9.59 Å². The molecular weight excluding hydrogens is 384 g/mol. The summed E-state index contributed by atoms with van der Waals surface area (Å²) in [6.45, 7) is 3.53. The van der Waals surface area contributed by atoms with E-state index in [9.17, 15) is 14.4 Å². The maximum Gasteiger partial charge on any atom is 0.348 e. The molecule has 0 spiro atoms. The van der Waals surface area contributed by atoms with Crippen LogP contribution in [0.5, 0.6) is 11.5 Å². The Morgan fingerprint density at radius 1 is 1.11 bits per heavy atom. The lowest BCUT2D eigenvalue weighted by molar-refractivity contribution is 0.0531. The van der Waals surface area contributed by atoms with Gasteiger partial charge in [-0.1, -0.05) is 0 Å². The zero-order valence-electron chi connectivity index (χ0n) is 16.3. The molecule has 0 aliphatic carbocycles. The van der Waals surface area contributed by atoms with Gasteiger partial charge in [-0.15, -0.1) is 11.3 Å². The van der Waals surface area contributed by atoms with Gasteiger partial charge in [-0.2, -0.15) is 0 Å². The summed E-state index contributed by atoms with van der Waals surface area (Å²) in [6, 6.07) is 4.76. The van der Waals surface area contributed by atoms with Crippen molar-refractivity contribution >= 4 is 34.1 Å². The molecule has 2 N–H and O–H groups in total. The van der Waals surface area contributed by atoms with E-state index in [1.807, 2.05) is 0 Å². The predicted molar refractivity (Wildman–Crippen MR) is 106 cm³/mol. The highest BCUT2D eigenvalue weighted by molar-refractivity contribution is 7.18. The first-order valence-electron chi connectivity index (χ1n) is 8.43. The minimum atomic E-state index is -0.544. The van der Waals surface area contributed by atoms with Crippen molar-refractivity contribution in [1.82, 2.24) is 5.32 Å². The Morgan fingerprint density at radius 3 is 2.39 bits per heavy atom. The van der Waals surface area contributed by atoms with Crippen LogP contribution in [0.2, 0.25) is 0 Å². The minimum absolute atomic E-state index is 0.205. The Kier molecular flexibility index (Phi) is 7.00. The van der Waals surface area contributed by atoms with Crippen molar-refractivity contribution in [2.24, 2.45) is 0 Å². The summed E-state index contributed by atoms with van der Waals surface area (Å²) in [4.78, 5) is 37.6. The van der Waals surface area contributed by atoms with E-state index in [-0.39, 0.29) is 27.6 Å². The number of carbonyl (C=O) groups excluding carboxylic acids is 3. The second-order valence-corrected chi connectivity index (χ2v) is 6.60. The summed E-state index contributed by atoms with van der Waals surface area (Å²) in [5.41, 5.74) is 0.922. The van der Waals surface area contributed by atoms with Crippen molar-refractivity contribution < 1.29 is 28.6 Å². The molecular formula is C19H22N2O6S. The summed E-state index contributed by atoms with van der Waals surface area (Å²) in [5, 5.41) is 5.48. The predicted octanol–water partition coefficient (Wildman–Crippen LogP) is 2.86. The van der Waals surface area contributed by atoms with Gasteiger partial charge in [0.1, 0.15) is 21.4 Å². The van der Waals surface area contributed by atoms with E-state index in [0.29, 0.717) is 17.1 Å². The number of amides is 2. The number of methoxy groups -OCH3 is 2. The standard InChI is InChI=1S/C19H22N2O6S/c1-6-27-19(24)15-10(2)14(17(23)20-3)18(28-15)21-16(22)12-8-7-11(25-4)9-13(12)26-5/h7-9H,6H2,1-5H3,(H,20,23)(H,21,22). The van der Waals surface area contributed by atoms with E-state index in [1.165, 1.54) is 21.3 Å². The van der Waals surface area contributed by atoms with Crippen LogP contribution in [-0.2, 0) is 4.74 Å². The van der Waals surface area contributed by atoms with Crippen LogP contribution in [0, 0.1) is 6.92 Å². The van der Waals surface area contributed by atoms with Crippen molar-refractivity contribution in [3.05, 3.63) is 39.8 Å². The van der Waals surface area contributed by atoms with Gasteiger partial charge in [0.15, 0.2) is 0 Å². The molecule has 0 fully saturated rings. The summed E-state index contributed by atoms with van der Waals surface area (Å²) in [6.07, 6.45) is 0. The van der Waals surface area contributed by atoms with E-state index in [4.69, 9.17) is 14.2 Å². The Bertz CT molecular complexity index is 906. The SMILES string of the molecule is CCOC(=O)c1sc(NC(=O)c2ccc(OC)cc2OC)c(C(=O)NC)c1C. The highest BCUT2D eigenvalue weighted by Crippen LogP contribution is 2.35. The van der Waals surface area contributed by atoms with Crippen LogP contribution in [0.4, 0.5) is 5.00 Å². The molecule has 2 aromatic rings. The molecule has 0 unspecified atom stereocenters. The van der Waals surface area contributed by atoms with E-state index in [0.717, 1.165) is 11.3 Å². The number of hydrogen-bond acceptors (Lipinski definition) is 7. The highest BCUT2D eigenvalue weighted by atomic mass is 32.1. The van der Waals surface area contributed by atoms with Crippen LogP contribution >= 0.6 is 11.3 Å². The second-order valence-electron chi connectivity index (χ2n) is 5.58. The number of carbonyl (C=O) groups is 3. The monoisotopic (exact) mass is 406 g/mol. The molecule has 0 atom stereocenters. The molecule has 150 valence electrons. The summed E-state index contributed by atoms with van der Waals surface area (Å²) in [5.74, 6) is -0.589. The average Bonchev–Trinajstić information content (AvgIpc) is 3.02. The Labute approximate surface area is 166 Å². The van der Waals surface area contributed by atoms with Crippen molar-refractivity contribution in [2.75, 3.05) is 33.2 Å². The van der Waals surface area contributed by atoms with Gasteiger partial charge in [-0.05, 0) is 31.5 Å². The zero-order chi connectivity index (χ0) is 20.8. The van der Waals surface area contributed by atoms with Crippen LogP contribution in [0.1, 0.15) is 42.9 Å². The van der Waals surface area contributed by atoms with E-state index in [2.05, 4.69) is 10.6 Å². The summed E-state index contributed by atoms with van der Waals surface area (Å²) < 4.78 is 15.4. The van der Waals surface area contributed by atoms with Crippen LogP contribution in [-0.4, -0.2) is 45.7 Å². The molecule has 2 rings (SSSR count). The third kappa shape index (κ3) is 4.25. The molecule has 0 aliphatic heterocycles. The molecule has 8 nitrogen and oxygen atoms in total. The molecule has 1 aromatic carbocycles. The average molecular weight is 406 g/mol. The number of rotatable bonds is 7. The fourth-order valence-electron chi connectivity index (χ4n) is 2.55. The fourth-order valence-corrected chi connectivity index (χ4v) is 3.64. The maximum absolute atomic E-state index is 12.8. The minimum Gasteiger partial charge on any atom is -0.497 e. The number of esters is 1. The first-order chi connectivity index (χ1) is 13.4. The van der Waals surface area contributed by atoms with Gasteiger partial charge in [-0.25, -0.2) is 4.79 Å². The normalized spacial score (nSPS) is 10.2. The van der Waals surface area contributed by atoms with Gasteiger partial charge < -0.3 is 24.8 Å². The quantitative estimate of drug-likeness (QED) is 0.686. The first kappa shape index (κ1) is 21.2. The number of ether oxygens (including phenoxy) is 3. The topological polar surface area (TPSA) is 103 Å². The molecule has 1 aromatic heterocycles. The number of thiophene rings is 1. The molecule has 0 aliphatic rings. The summed E-state index contributed by atoms with van der Waals surface area (Å²) >= 11 is 0.989. The molecule has 2 amide bonds. The first-order valence-corrected chi connectivity index (χ1v) is 9.25. The number of hydrogen-bond donors (Lipinski definition) is 2. The Morgan fingerprint density at radius 2 is 1.82 bits per heavy atom. The molecule has 1 heterocycles. The van der Waals surface area contributed by atoms with Gasteiger partial charge in [0.2, 0.25) is 0 Å². The second kappa shape index (κ2) is 9.23. The van der Waals surface area contributed by atoms with Crippen molar-refractivity contribution in [1.29, 1.82) is 0 Å². The number of benzene rings is 1. The highest BCUT2D eigenvalue weighted by Gasteiger charge is 2.26. The maximum atomic E-state index is 12.8. The smallest absolute Gasteiger partial charge is 0.348 e. The van der Waals surface area contributed by atoms with Crippen LogP contribution in [0.25, 0.3) is 0 Å². The van der Waals surface area contributed by atoms with Gasteiger partial charge >= 0.3 is 5.97 Å². The van der Waals surface area contributed by atoms with Crippen LogP contribution in [0.3, 0.4) is 0 Å².